The molecule has 0 fully saturated rings. The standard InChI is InChI=1S/C14H14N2O2/c15-10-14(17)16-12-8-4-5-9-13(12)18-11-6-2-1-3-7-11/h1-9H,10,15H2,(H,16,17)/p+1. The molecule has 0 saturated heterocycles. The molecule has 2 aromatic rings. The minimum atomic E-state index is -0.140. The summed E-state index contributed by atoms with van der Waals surface area (Å²) >= 11 is 0. The average Bonchev–Trinajstić information content (AvgIpc) is 2.42. The van der Waals surface area contributed by atoms with Crippen LogP contribution in [0.3, 0.4) is 0 Å². The fourth-order valence-corrected chi connectivity index (χ4v) is 1.49. The van der Waals surface area contributed by atoms with Crippen LogP contribution in [-0.4, -0.2) is 12.5 Å². The second kappa shape index (κ2) is 5.84. The van der Waals surface area contributed by atoms with Gasteiger partial charge in [-0.2, -0.15) is 0 Å². The zero-order chi connectivity index (χ0) is 12.8. The Hall–Kier alpha value is -2.33. The van der Waals surface area contributed by atoms with Crippen LogP contribution in [0.4, 0.5) is 5.69 Å². The molecule has 2 rings (SSSR count). The fraction of sp³-hybridized carbons (Fsp3) is 0.0714. The van der Waals surface area contributed by atoms with Crippen LogP contribution in [0.1, 0.15) is 0 Å². The lowest BCUT2D eigenvalue weighted by Gasteiger charge is -2.11. The zero-order valence-electron chi connectivity index (χ0n) is 9.93. The summed E-state index contributed by atoms with van der Waals surface area (Å²) in [5.41, 5.74) is 4.19. The van der Waals surface area contributed by atoms with Crippen molar-refractivity contribution in [2.24, 2.45) is 0 Å². The first-order valence-electron chi connectivity index (χ1n) is 5.70. The number of benzene rings is 2. The number of para-hydroxylation sites is 3. The van der Waals surface area contributed by atoms with E-state index >= 15 is 0 Å². The molecule has 4 N–H and O–H groups in total. The molecule has 0 aliphatic heterocycles. The number of rotatable bonds is 4. The Balaban J connectivity index is 2.20. The van der Waals surface area contributed by atoms with Gasteiger partial charge < -0.3 is 15.8 Å². The maximum Gasteiger partial charge on any atom is 0.279 e. The third-order valence-corrected chi connectivity index (χ3v) is 2.36. The number of nitrogens with one attached hydrogen (secondary N) is 1. The van der Waals surface area contributed by atoms with Crippen LogP contribution in [-0.2, 0) is 4.79 Å². The maximum absolute atomic E-state index is 11.4. The molecule has 0 bridgehead atoms. The first-order valence-corrected chi connectivity index (χ1v) is 5.70. The lowest BCUT2D eigenvalue weighted by atomic mass is 10.3. The normalized spacial score (nSPS) is 9.83. The Morgan fingerprint density at radius 3 is 2.44 bits per heavy atom. The highest BCUT2D eigenvalue weighted by molar-refractivity contribution is 5.92. The fourth-order valence-electron chi connectivity index (χ4n) is 1.49. The van der Waals surface area contributed by atoms with Gasteiger partial charge in [0.2, 0.25) is 0 Å². The molecule has 1 amide bonds. The van der Waals surface area contributed by atoms with Gasteiger partial charge in [0.05, 0.1) is 5.69 Å². The number of carbonyl (C=O) groups is 1. The van der Waals surface area contributed by atoms with E-state index in [9.17, 15) is 4.79 Å². The predicted octanol–water partition coefficient (Wildman–Crippen LogP) is 1.66. The van der Waals surface area contributed by atoms with E-state index < -0.39 is 0 Å². The van der Waals surface area contributed by atoms with Crippen molar-refractivity contribution >= 4 is 11.6 Å². The third-order valence-electron chi connectivity index (χ3n) is 2.36. The van der Waals surface area contributed by atoms with E-state index in [1.165, 1.54) is 0 Å². The summed E-state index contributed by atoms with van der Waals surface area (Å²) in [5, 5.41) is 2.75. The van der Waals surface area contributed by atoms with Crippen molar-refractivity contribution in [1.82, 2.24) is 0 Å². The Morgan fingerprint density at radius 2 is 1.72 bits per heavy atom. The topological polar surface area (TPSA) is 66.0 Å². The van der Waals surface area contributed by atoms with Crippen molar-refractivity contribution in [2.75, 3.05) is 11.9 Å². The van der Waals surface area contributed by atoms with Crippen LogP contribution >= 0.6 is 0 Å². The summed E-state index contributed by atoms with van der Waals surface area (Å²) in [6, 6.07) is 16.7. The van der Waals surface area contributed by atoms with Crippen molar-refractivity contribution in [3.8, 4) is 11.5 Å². The molecule has 0 radical (unpaired) electrons. The second-order valence-corrected chi connectivity index (χ2v) is 3.71. The summed E-state index contributed by atoms with van der Waals surface area (Å²) in [4.78, 5) is 11.4. The molecule has 4 heteroatoms. The number of hydrogen-bond donors (Lipinski definition) is 2. The molecule has 2 aromatic carbocycles. The van der Waals surface area contributed by atoms with Gasteiger partial charge in [0, 0.05) is 0 Å². The predicted molar refractivity (Wildman–Crippen MR) is 69.3 cm³/mol. The number of anilines is 1. The van der Waals surface area contributed by atoms with E-state index in [0.29, 0.717) is 11.4 Å². The van der Waals surface area contributed by atoms with E-state index in [1.54, 1.807) is 6.07 Å². The van der Waals surface area contributed by atoms with E-state index in [4.69, 9.17) is 4.74 Å². The molecule has 0 unspecified atom stereocenters. The van der Waals surface area contributed by atoms with Gasteiger partial charge >= 0.3 is 0 Å². The number of hydrogen-bond acceptors (Lipinski definition) is 2. The number of carbonyl (C=O) groups excluding carboxylic acids is 1. The molecule has 0 aromatic heterocycles. The second-order valence-electron chi connectivity index (χ2n) is 3.71. The molecule has 92 valence electrons. The van der Waals surface area contributed by atoms with Crippen LogP contribution in [0.25, 0.3) is 0 Å². The summed E-state index contributed by atoms with van der Waals surface area (Å²) in [6.07, 6.45) is 0. The highest BCUT2D eigenvalue weighted by Gasteiger charge is 2.07. The highest BCUT2D eigenvalue weighted by atomic mass is 16.5. The summed E-state index contributed by atoms with van der Waals surface area (Å²) in [6.45, 7) is 0.194. The van der Waals surface area contributed by atoms with Gasteiger partial charge in [0.15, 0.2) is 12.3 Å². The van der Waals surface area contributed by atoms with Crippen molar-refractivity contribution in [2.45, 2.75) is 0 Å². The zero-order valence-corrected chi connectivity index (χ0v) is 9.93. The molecule has 18 heavy (non-hydrogen) atoms. The molecule has 0 aliphatic rings. The Bertz CT molecular complexity index is 526. The summed E-state index contributed by atoms with van der Waals surface area (Å²) in [5.74, 6) is 1.21. The summed E-state index contributed by atoms with van der Waals surface area (Å²) in [7, 11) is 0. The molecule has 0 saturated carbocycles. The molecule has 4 nitrogen and oxygen atoms in total. The monoisotopic (exact) mass is 243 g/mol. The lowest BCUT2D eigenvalue weighted by Crippen LogP contribution is -2.55. The first-order chi connectivity index (χ1) is 8.79. The number of quaternary nitrogens is 1. The molecule has 0 atom stereocenters. The summed E-state index contributed by atoms with van der Waals surface area (Å²) < 4.78 is 5.72. The van der Waals surface area contributed by atoms with Gasteiger partial charge in [-0.05, 0) is 24.3 Å². The molecule has 0 heterocycles. The largest absolute Gasteiger partial charge is 0.455 e. The Labute approximate surface area is 105 Å². The number of amides is 1. The van der Waals surface area contributed by atoms with E-state index in [1.807, 2.05) is 48.5 Å². The van der Waals surface area contributed by atoms with Crippen LogP contribution in [0.15, 0.2) is 54.6 Å². The minimum Gasteiger partial charge on any atom is -0.455 e. The smallest absolute Gasteiger partial charge is 0.279 e. The van der Waals surface area contributed by atoms with Gasteiger partial charge in [0.25, 0.3) is 5.91 Å². The van der Waals surface area contributed by atoms with Crippen molar-refractivity contribution in [1.29, 1.82) is 0 Å². The van der Waals surface area contributed by atoms with E-state index in [2.05, 4.69) is 11.1 Å². The van der Waals surface area contributed by atoms with Gasteiger partial charge in [-0.3, -0.25) is 4.79 Å². The van der Waals surface area contributed by atoms with Crippen LogP contribution in [0, 0.1) is 0 Å². The van der Waals surface area contributed by atoms with Gasteiger partial charge in [-0.15, -0.1) is 0 Å². The van der Waals surface area contributed by atoms with E-state index in [0.717, 1.165) is 5.75 Å². The average molecular weight is 243 g/mol. The van der Waals surface area contributed by atoms with Gasteiger partial charge in [0.1, 0.15) is 5.75 Å². The first kappa shape index (κ1) is 12.1. The quantitative estimate of drug-likeness (QED) is 0.857. The molecular formula is C14H15N2O2+. The van der Waals surface area contributed by atoms with E-state index in [-0.39, 0.29) is 12.5 Å². The molecule has 0 spiro atoms. The van der Waals surface area contributed by atoms with Crippen molar-refractivity contribution in [3.63, 3.8) is 0 Å². The minimum absolute atomic E-state index is 0.140. The Kier molecular flexibility index (Phi) is 3.94. The van der Waals surface area contributed by atoms with Crippen LogP contribution < -0.4 is 15.8 Å². The van der Waals surface area contributed by atoms with Crippen LogP contribution in [0.2, 0.25) is 0 Å². The van der Waals surface area contributed by atoms with Gasteiger partial charge in [-0.25, -0.2) is 0 Å². The highest BCUT2D eigenvalue weighted by Crippen LogP contribution is 2.28. The van der Waals surface area contributed by atoms with Crippen molar-refractivity contribution in [3.05, 3.63) is 54.6 Å². The lowest BCUT2D eigenvalue weighted by molar-refractivity contribution is -0.353. The van der Waals surface area contributed by atoms with Crippen LogP contribution in [0.5, 0.6) is 11.5 Å². The molecule has 0 aliphatic carbocycles. The number of ether oxygens (including phenoxy) is 1. The SMILES string of the molecule is [NH3+]CC(=O)Nc1ccccc1Oc1ccccc1. The van der Waals surface area contributed by atoms with Gasteiger partial charge in [-0.1, -0.05) is 30.3 Å². The maximum atomic E-state index is 11.4. The Morgan fingerprint density at radius 1 is 1.06 bits per heavy atom. The van der Waals surface area contributed by atoms with Crippen molar-refractivity contribution < 1.29 is 15.3 Å². The third kappa shape index (κ3) is 3.09. The molecular weight excluding hydrogens is 228 g/mol.